The lowest BCUT2D eigenvalue weighted by molar-refractivity contribution is -0.228. The molecule has 1 fully saturated rings. The van der Waals surface area contributed by atoms with Crippen LogP contribution in [0.5, 0.6) is 0 Å². The molecule has 0 saturated carbocycles. The predicted octanol–water partition coefficient (Wildman–Crippen LogP) is 2.40. The van der Waals surface area contributed by atoms with Crippen molar-refractivity contribution in [1.82, 2.24) is 16.0 Å². The van der Waals surface area contributed by atoms with Crippen LogP contribution >= 0.6 is 0 Å². The molecular weight excluding hydrogens is 694 g/mol. The van der Waals surface area contributed by atoms with Gasteiger partial charge in [0, 0.05) is 33.6 Å². The quantitative estimate of drug-likeness (QED) is 0.211. The zero-order chi connectivity index (χ0) is 39.0. The van der Waals surface area contributed by atoms with E-state index in [0.29, 0.717) is 0 Å². The summed E-state index contributed by atoms with van der Waals surface area (Å²) in [6, 6.07) is 12.6. The highest BCUT2D eigenvalue weighted by Crippen LogP contribution is 2.44. The van der Waals surface area contributed by atoms with Crippen molar-refractivity contribution < 1.29 is 62.0 Å². The minimum absolute atomic E-state index is 0.0633. The molecule has 0 spiro atoms. The highest BCUT2D eigenvalue weighted by Gasteiger charge is 2.51. The van der Waals surface area contributed by atoms with Crippen molar-refractivity contribution in [2.24, 2.45) is 0 Å². The van der Waals surface area contributed by atoms with Gasteiger partial charge < -0.3 is 44.4 Å². The van der Waals surface area contributed by atoms with Gasteiger partial charge in [0.2, 0.25) is 11.8 Å². The monoisotopic (exact) mass is 739 g/mol. The molecule has 286 valence electrons. The highest BCUT2D eigenvalue weighted by molar-refractivity contribution is 5.88. The molecule has 1 heterocycles. The Balaban J connectivity index is 1.54. The SMILES string of the molecule is CC(=O)N[C@@H]1[C@@H](OC(C)=O)[C@H](OC(C)=O)[C@@H](COC(C)=O)O[C@H]1NC(=O)C[C@@H](NC(=O)OCC1c2ccccc2-c2ccccc21)C(=O)OC(C)(C)C. The van der Waals surface area contributed by atoms with Crippen LogP contribution in [0.25, 0.3) is 11.1 Å². The Labute approximate surface area is 306 Å². The molecule has 16 nitrogen and oxygen atoms in total. The van der Waals surface area contributed by atoms with Gasteiger partial charge in [0.25, 0.3) is 0 Å². The van der Waals surface area contributed by atoms with Crippen LogP contribution in [0.4, 0.5) is 4.79 Å². The summed E-state index contributed by atoms with van der Waals surface area (Å²) in [5.41, 5.74) is 2.99. The molecule has 1 saturated heterocycles. The molecule has 3 amide bonds. The Morgan fingerprint density at radius 1 is 0.736 bits per heavy atom. The number of hydrogen-bond acceptors (Lipinski definition) is 13. The maximum atomic E-state index is 13.6. The van der Waals surface area contributed by atoms with E-state index < -0.39 is 97.0 Å². The number of carbonyl (C=O) groups excluding carboxylic acids is 7. The molecule has 4 rings (SSSR count). The van der Waals surface area contributed by atoms with Gasteiger partial charge in [-0.05, 0) is 43.0 Å². The van der Waals surface area contributed by atoms with Crippen LogP contribution in [0.3, 0.4) is 0 Å². The van der Waals surface area contributed by atoms with Crippen molar-refractivity contribution in [2.75, 3.05) is 13.2 Å². The minimum atomic E-state index is -1.55. The van der Waals surface area contributed by atoms with E-state index in [4.69, 9.17) is 28.4 Å². The normalized spacial score (nSPS) is 21.1. The first-order valence-corrected chi connectivity index (χ1v) is 17.0. The maximum absolute atomic E-state index is 13.6. The number of hydrogen-bond donors (Lipinski definition) is 3. The fraction of sp³-hybridized carbons (Fsp3) is 0.486. The number of rotatable bonds is 12. The second-order valence-electron chi connectivity index (χ2n) is 13.6. The molecule has 1 aliphatic carbocycles. The third-order valence-electron chi connectivity index (χ3n) is 8.14. The summed E-state index contributed by atoms with van der Waals surface area (Å²) in [7, 11) is 0. The largest absolute Gasteiger partial charge is 0.463 e. The molecule has 1 aliphatic heterocycles. The number of benzene rings is 2. The average molecular weight is 740 g/mol. The van der Waals surface area contributed by atoms with Crippen molar-refractivity contribution in [1.29, 1.82) is 0 Å². The summed E-state index contributed by atoms with van der Waals surface area (Å²) < 4.78 is 33.0. The van der Waals surface area contributed by atoms with Gasteiger partial charge in [-0.15, -0.1) is 0 Å². The van der Waals surface area contributed by atoms with Crippen molar-refractivity contribution in [3.63, 3.8) is 0 Å². The second-order valence-corrected chi connectivity index (χ2v) is 13.6. The molecule has 2 aliphatic rings. The van der Waals surface area contributed by atoms with E-state index >= 15 is 0 Å². The van der Waals surface area contributed by atoms with E-state index in [1.165, 1.54) is 0 Å². The summed E-state index contributed by atoms with van der Waals surface area (Å²) in [5.74, 6) is -5.04. The standard InChI is InChI=1S/C37H45N3O13/c1-19(41)38-31-33(51-22(4)44)32(50-21(3)43)29(18-48-20(2)42)52-34(31)40-30(45)16-28(35(46)53-37(5,6)7)39-36(47)49-17-27-25-14-10-8-12-23(25)24-13-9-11-15-26(24)27/h8-15,27-29,31-34H,16-18H2,1-7H3,(H,38,41)(H,39,47)(H,40,45)/t28-,29-,31-,32-,33-,34-/m1/s1. The lowest BCUT2D eigenvalue weighted by Crippen LogP contribution is -2.69. The topological polar surface area (TPSA) is 211 Å². The van der Waals surface area contributed by atoms with Crippen LogP contribution in [0.1, 0.15) is 71.9 Å². The summed E-state index contributed by atoms with van der Waals surface area (Å²) >= 11 is 0. The first kappa shape index (κ1) is 40.3. The molecule has 0 bridgehead atoms. The number of amides is 3. The van der Waals surface area contributed by atoms with Gasteiger partial charge in [-0.1, -0.05) is 48.5 Å². The molecule has 16 heteroatoms. The van der Waals surface area contributed by atoms with E-state index in [-0.39, 0.29) is 12.5 Å². The Hall–Kier alpha value is -5.51. The summed E-state index contributed by atoms with van der Waals surface area (Å²) in [6.45, 7) is 8.75. The van der Waals surface area contributed by atoms with E-state index in [1.807, 2.05) is 48.5 Å². The smallest absolute Gasteiger partial charge is 0.407 e. The Morgan fingerprint density at radius 2 is 1.30 bits per heavy atom. The van der Waals surface area contributed by atoms with Gasteiger partial charge in [0.05, 0.1) is 6.42 Å². The van der Waals surface area contributed by atoms with Gasteiger partial charge in [-0.2, -0.15) is 0 Å². The molecule has 2 aromatic rings. The first-order valence-electron chi connectivity index (χ1n) is 17.0. The molecule has 2 aromatic carbocycles. The molecule has 0 aromatic heterocycles. The molecule has 0 radical (unpaired) electrons. The van der Waals surface area contributed by atoms with Crippen molar-refractivity contribution >= 4 is 41.8 Å². The van der Waals surface area contributed by atoms with Gasteiger partial charge >= 0.3 is 30.0 Å². The Morgan fingerprint density at radius 3 is 1.83 bits per heavy atom. The number of ether oxygens (including phenoxy) is 6. The number of carbonyl (C=O) groups is 7. The minimum Gasteiger partial charge on any atom is -0.463 e. The van der Waals surface area contributed by atoms with E-state index in [1.54, 1.807) is 20.8 Å². The predicted molar refractivity (Wildman–Crippen MR) is 185 cm³/mol. The van der Waals surface area contributed by atoms with Gasteiger partial charge in [-0.3, -0.25) is 24.0 Å². The van der Waals surface area contributed by atoms with Crippen molar-refractivity contribution in [3.05, 3.63) is 59.7 Å². The molecule has 6 atom stereocenters. The van der Waals surface area contributed by atoms with Gasteiger partial charge in [0.15, 0.2) is 18.4 Å². The fourth-order valence-corrected chi connectivity index (χ4v) is 6.21. The summed E-state index contributed by atoms with van der Waals surface area (Å²) in [5, 5.41) is 7.52. The third-order valence-corrected chi connectivity index (χ3v) is 8.14. The van der Waals surface area contributed by atoms with Crippen LogP contribution in [-0.2, 0) is 57.2 Å². The number of nitrogens with one attached hydrogen (secondary N) is 3. The second kappa shape index (κ2) is 17.3. The van der Waals surface area contributed by atoms with Crippen molar-refractivity contribution in [2.45, 2.75) is 103 Å². The molecule has 3 N–H and O–H groups in total. The Kier molecular flexibility index (Phi) is 13.2. The average Bonchev–Trinajstić information content (AvgIpc) is 3.37. The molecule has 53 heavy (non-hydrogen) atoms. The fourth-order valence-electron chi connectivity index (χ4n) is 6.21. The maximum Gasteiger partial charge on any atom is 0.407 e. The lowest BCUT2D eigenvalue weighted by atomic mass is 9.95. The number of fused-ring (bicyclic) bond motifs is 3. The van der Waals surface area contributed by atoms with Gasteiger partial charge in [0.1, 0.15) is 37.0 Å². The molecular formula is C37H45N3O13. The van der Waals surface area contributed by atoms with E-state index in [2.05, 4.69) is 16.0 Å². The van der Waals surface area contributed by atoms with E-state index in [9.17, 15) is 33.6 Å². The van der Waals surface area contributed by atoms with Crippen LogP contribution in [-0.4, -0.2) is 97.2 Å². The number of alkyl carbamates (subject to hydrolysis) is 1. The Bertz CT molecular complexity index is 1680. The van der Waals surface area contributed by atoms with Crippen LogP contribution in [0.15, 0.2) is 48.5 Å². The zero-order valence-electron chi connectivity index (χ0n) is 30.6. The summed E-state index contributed by atoms with van der Waals surface area (Å²) in [6.07, 6.45) is -7.27. The van der Waals surface area contributed by atoms with Crippen molar-refractivity contribution in [3.8, 4) is 11.1 Å². The summed E-state index contributed by atoms with van der Waals surface area (Å²) in [4.78, 5) is 88.3. The van der Waals surface area contributed by atoms with Gasteiger partial charge in [-0.25, -0.2) is 9.59 Å². The van der Waals surface area contributed by atoms with Crippen LogP contribution in [0.2, 0.25) is 0 Å². The van der Waals surface area contributed by atoms with Crippen LogP contribution in [0, 0.1) is 0 Å². The molecule has 0 unspecified atom stereocenters. The highest BCUT2D eigenvalue weighted by atomic mass is 16.6. The van der Waals surface area contributed by atoms with Crippen LogP contribution < -0.4 is 16.0 Å². The first-order chi connectivity index (χ1) is 24.9. The zero-order valence-corrected chi connectivity index (χ0v) is 30.6. The third kappa shape index (κ3) is 11.0. The van der Waals surface area contributed by atoms with E-state index in [0.717, 1.165) is 49.9 Å². The number of esters is 4. The lowest BCUT2D eigenvalue weighted by Gasteiger charge is -2.45.